The van der Waals surface area contributed by atoms with Gasteiger partial charge in [0.2, 0.25) is 12.0 Å². The molecule has 1 aliphatic rings. The van der Waals surface area contributed by atoms with Gasteiger partial charge in [0, 0.05) is 17.7 Å². The van der Waals surface area contributed by atoms with Gasteiger partial charge in [-0.2, -0.15) is 0 Å². The van der Waals surface area contributed by atoms with Crippen LogP contribution in [0.3, 0.4) is 0 Å². The average Bonchev–Trinajstić information content (AvgIpc) is 2.98. The first kappa shape index (κ1) is 28.7. The Bertz CT molecular complexity index is 1670. The molecular formula is C29H27NO12. The molecule has 1 saturated heterocycles. The number of rotatable bonds is 7. The minimum Gasteiger partial charge on any atom is -0.506 e. The lowest BCUT2D eigenvalue weighted by Gasteiger charge is -2.39. The van der Waals surface area contributed by atoms with Crippen molar-refractivity contribution in [3.05, 3.63) is 70.9 Å². The molecule has 42 heavy (non-hydrogen) atoms. The van der Waals surface area contributed by atoms with Crippen LogP contribution in [0.2, 0.25) is 0 Å². The zero-order chi connectivity index (χ0) is 30.1. The van der Waals surface area contributed by atoms with Crippen molar-refractivity contribution in [2.24, 2.45) is 0 Å². The number of phenols is 2. The van der Waals surface area contributed by atoms with Crippen LogP contribution in [-0.4, -0.2) is 76.4 Å². The smallest absolute Gasteiger partial charge is 0.256 e. The predicted molar refractivity (Wildman–Crippen MR) is 147 cm³/mol. The van der Waals surface area contributed by atoms with Gasteiger partial charge in [-0.1, -0.05) is 12.1 Å². The highest BCUT2D eigenvalue weighted by Gasteiger charge is 2.48. The number of benzene rings is 3. The van der Waals surface area contributed by atoms with Crippen molar-refractivity contribution < 1.29 is 53.7 Å². The molecule has 5 rings (SSSR count). The molecule has 1 aromatic heterocycles. The SMILES string of the molecule is COc1ccc(-c2cc(=O)c3c(O)c(OC)c(OC4OC(C(=O)Nc5ccccc5O)C(O)C(O)C4O)cc3o2)cc1. The number of carbonyl (C=O) groups is 1. The number of phenolic OH excluding ortho intramolecular Hbond substituents is 2. The summed E-state index contributed by atoms with van der Waals surface area (Å²) in [6, 6.07) is 14.9. The van der Waals surface area contributed by atoms with Crippen molar-refractivity contribution in [3.63, 3.8) is 0 Å². The van der Waals surface area contributed by atoms with Crippen LogP contribution in [-0.2, 0) is 9.53 Å². The van der Waals surface area contributed by atoms with Crippen LogP contribution in [0.5, 0.6) is 28.7 Å². The molecule has 5 unspecified atom stereocenters. The van der Waals surface area contributed by atoms with Gasteiger partial charge in [-0.25, -0.2) is 0 Å². The van der Waals surface area contributed by atoms with Crippen LogP contribution in [0.4, 0.5) is 5.69 Å². The van der Waals surface area contributed by atoms with E-state index in [1.54, 1.807) is 30.3 Å². The molecule has 0 bridgehead atoms. The van der Waals surface area contributed by atoms with E-state index in [2.05, 4.69) is 5.32 Å². The summed E-state index contributed by atoms with van der Waals surface area (Å²) in [5, 5.41) is 54.6. The summed E-state index contributed by atoms with van der Waals surface area (Å²) in [4.78, 5) is 25.9. The van der Waals surface area contributed by atoms with E-state index in [-0.39, 0.29) is 39.7 Å². The lowest BCUT2D eigenvalue weighted by atomic mass is 9.98. The maximum absolute atomic E-state index is 13.0. The third kappa shape index (κ3) is 5.29. The first-order valence-electron chi connectivity index (χ1n) is 12.6. The van der Waals surface area contributed by atoms with Crippen LogP contribution < -0.4 is 25.0 Å². The topological polar surface area (TPSA) is 197 Å². The van der Waals surface area contributed by atoms with E-state index in [0.717, 1.165) is 0 Å². The largest absolute Gasteiger partial charge is 0.506 e. The second-order valence-electron chi connectivity index (χ2n) is 9.35. The normalized spacial score (nSPS) is 22.0. The molecule has 13 nitrogen and oxygen atoms in total. The summed E-state index contributed by atoms with van der Waals surface area (Å²) in [5.74, 6) is -1.67. The Morgan fingerprint density at radius 3 is 2.29 bits per heavy atom. The summed E-state index contributed by atoms with van der Waals surface area (Å²) in [7, 11) is 2.71. The van der Waals surface area contributed by atoms with E-state index in [9.17, 15) is 35.1 Å². The maximum Gasteiger partial charge on any atom is 0.256 e. The molecule has 1 fully saturated rings. The Morgan fingerprint density at radius 1 is 0.905 bits per heavy atom. The Labute approximate surface area is 237 Å². The summed E-state index contributed by atoms with van der Waals surface area (Å²) in [6.07, 6.45) is -9.17. The molecule has 13 heteroatoms. The van der Waals surface area contributed by atoms with Crippen molar-refractivity contribution in [1.29, 1.82) is 0 Å². The highest BCUT2D eigenvalue weighted by atomic mass is 16.7. The van der Waals surface area contributed by atoms with Crippen molar-refractivity contribution in [2.75, 3.05) is 19.5 Å². The van der Waals surface area contributed by atoms with Gasteiger partial charge in [0.15, 0.2) is 23.0 Å². The molecular weight excluding hydrogens is 554 g/mol. The molecule has 1 amide bonds. The lowest BCUT2D eigenvalue weighted by Crippen LogP contribution is -2.62. The van der Waals surface area contributed by atoms with Crippen LogP contribution in [0.15, 0.2) is 69.9 Å². The third-order valence-electron chi connectivity index (χ3n) is 6.72. The second-order valence-corrected chi connectivity index (χ2v) is 9.35. The maximum atomic E-state index is 13.0. The standard InChI is InChI=1S/C29H27NO12/c1-38-14-9-7-13(8-10-14)18-11-17(32)21-19(40-18)12-20(26(39-2)22(21)33)41-29-25(36)23(34)24(35)27(42-29)28(37)30-15-5-3-4-6-16(15)31/h3-12,23-25,27,29,31,33-36H,1-2H3,(H,30,37). The van der Waals surface area contributed by atoms with Gasteiger partial charge in [-0.3, -0.25) is 9.59 Å². The molecule has 0 radical (unpaired) electrons. The molecule has 3 aromatic carbocycles. The number of aliphatic hydroxyl groups excluding tert-OH is 3. The number of nitrogens with one attached hydrogen (secondary N) is 1. The first-order valence-corrected chi connectivity index (χ1v) is 12.6. The molecule has 1 aliphatic heterocycles. The number of fused-ring (bicyclic) bond motifs is 1. The van der Waals surface area contributed by atoms with Crippen molar-refractivity contribution in [1.82, 2.24) is 0 Å². The number of hydrogen-bond donors (Lipinski definition) is 6. The Balaban J connectivity index is 1.49. The fourth-order valence-electron chi connectivity index (χ4n) is 4.51. The number of amides is 1. The summed E-state index contributed by atoms with van der Waals surface area (Å²) in [6.45, 7) is 0. The van der Waals surface area contributed by atoms with Gasteiger partial charge in [0.25, 0.3) is 5.91 Å². The van der Waals surface area contributed by atoms with Crippen molar-refractivity contribution in [3.8, 4) is 40.1 Å². The quantitative estimate of drug-likeness (QED) is 0.173. The number of para-hydroxylation sites is 2. The fourth-order valence-corrected chi connectivity index (χ4v) is 4.51. The van der Waals surface area contributed by atoms with Gasteiger partial charge in [-0.15, -0.1) is 0 Å². The van der Waals surface area contributed by atoms with E-state index in [1.165, 1.54) is 44.6 Å². The molecule has 0 spiro atoms. The summed E-state index contributed by atoms with van der Waals surface area (Å²) in [5.41, 5.74) is -0.145. The highest BCUT2D eigenvalue weighted by Crippen LogP contribution is 2.43. The monoisotopic (exact) mass is 581 g/mol. The van der Waals surface area contributed by atoms with Crippen molar-refractivity contribution in [2.45, 2.75) is 30.7 Å². The van der Waals surface area contributed by atoms with E-state index < -0.39 is 47.8 Å². The van der Waals surface area contributed by atoms with E-state index >= 15 is 0 Å². The highest BCUT2D eigenvalue weighted by molar-refractivity contribution is 5.96. The number of aliphatic hydroxyl groups is 3. The lowest BCUT2D eigenvalue weighted by molar-refractivity contribution is -0.265. The van der Waals surface area contributed by atoms with Crippen LogP contribution in [0, 0.1) is 0 Å². The molecule has 0 saturated carbocycles. The van der Waals surface area contributed by atoms with Gasteiger partial charge < -0.3 is 54.2 Å². The molecule has 0 aliphatic carbocycles. The van der Waals surface area contributed by atoms with Gasteiger partial charge in [-0.05, 0) is 36.4 Å². The number of methoxy groups -OCH3 is 2. The van der Waals surface area contributed by atoms with E-state index in [0.29, 0.717) is 11.3 Å². The zero-order valence-corrected chi connectivity index (χ0v) is 22.3. The number of carbonyl (C=O) groups excluding carboxylic acids is 1. The van der Waals surface area contributed by atoms with Gasteiger partial charge >= 0.3 is 0 Å². The van der Waals surface area contributed by atoms with Crippen molar-refractivity contribution >= 4 is 22.6 Å². The Kier molecular flexibility index (Phi) is 7.91. The molecule has 6 N–H and O–H groups in total. The fraction of sp³-hybridized carbons (Fsp3) is 0.241. The second kappa shape index (κ2) is 11.6. The van der Waals surface area contributed by atoms with Crippen LogP contribution in [0.1, 0.15) is 0 Å². The van der Waals surface area contributed by atoms with Gasteiger partial charge in [0.1, 0.15) is 46.5 Å². The summed E-state index contributed by atoms with van der Waals surface area (Å²) >= 11 is 0. The van der Waals surface area contributed by atoms with Gasteiger partial charge in [0.05, 0.1) is 19.9 Å². The van der Waals surface area contributed by atoms with Crippen LogP contribution >= 0.6 is 0 Å². The minimum atomic E-state index is -1.90. The number of ether oxygens (including phenoxy) is 4. The van der Waals surface area contributed by atoms with E-state index in [1.807, 2.05) is 0 Å². The minimum absolute atomic E-state index is 0.0141. The molecule has 5 atom stereocenters. The molecule has 2 heterocycles. The number of anilines is 1. The Hall–Kier alpha value is -4.82. The number of hydrogen-bond acceptors (Lipinski definition) is 12. The zero-order valence-electron chi connectivity index (χ0n) is 22.3. The molecule has 4 aromatic rings. The third-order valence-corrected chi connectivity index (χ3v) is 6.72. The van der Waals surface area contributed by atoms with Crippen LogP contribution in [0.25, 0.3) is 22.3 Å². The summed E-state index contributed by atoms with van der Waals surface area (Å²) < 4.78 is 27.6. The van der Waals surface area contributed by atoms with E-state index in [4.69, 9.17) is 23.4 Å². The Morgan fingerprint density at radius 2 is 1.62 bits per heavy atom. The average molecular weight is 582 g/mol. The predicted octanol–water partition coefficient (Wildman–Crippen LogP) is 1.71. The molecule has 220 valence electrons. The first-order chi connectivity index (χ1) is 20.1. The number of aromatic hydroxyl groups is 2.